The number of aryl methyl sites for hydroxylation is 3. The molecular formula is C25H44. The van der Waals surface area contributed by atoms with Crippen molar-refractivity contribution in [3.8, 4) is 0 Å². The summed E-state index contributed by atoms with van der Waals surface area (Å²) in [5.41, 5.74) is 5.42. The van der Waals surface area contributed by atoms with Crippen LogP contribution >= 0.6 is 0 Å². The summed E-state index contributed by atoms with van der Waals surface area (Å²) >= 11 is 0. The van der Waals surface area contributed by atoms with Crippen LogP contribution in [0.3, 0.4) is 0 Å². The Hall–Kier alpha value is -1.56. The number of benzene rings is 2. The lowest BCUT2D eigenvalue weighted by Gasteiger charge is -2.03. The minimum absolute atomic E-state index is 0. The molecule has 0 aromatic heterocycles. The molecule has 0 aliphatic carbocycles. The summed E-state index contributed by atoms with van der Waals surface area (Å²) < 4.78 is 0. The highest BCUT2D eigenvalue weighted by Gasteiger charge is 1.95. The van der Waals surface area contributed by atoms with E-state index in [0.717, 1.165) is 0 Å². The SMILES string of the molecule is C.CCC.CCC.Cc1ccc(C(C)C)cc1.Cc1ccc(C)cc1. The summed E-state index contributed by atoms with van der Waals surface area (Å²) in [5, 5.41) is 0. The van der Waals surface area contributed by atoms with Gasteiger partial charge in [0.15, 0.2) is 0 Å². The Morgan fingerprint density at radius 2 is 0.760 bits per heavy atom. The lowest BCUT2D eigenvalue weighted by atomic mass is 10.0. The summed E-state index contributed by atoms with van der Waals surface area (Å²) in [6.45, 7) is 19.2. The summed E-state index contributed by atoms with van der Waals surface area (Å²) in [6, 6.07) is 17.2. The van der Waals surface area contributed by atoms with Crippen LogP contribution in [0.15, 0.2) is 48.5 Å². The fourth-order valence-electron chi connectivity index (χ4n) is 1.59. The zero-order valence-electron chi connectivity index (χ0n) is 17.6. The standard InChI is InChI=1S/C10H14.C8H10.2C3H8.CH4/c1-8(2)10-6-4-9(3)5-7-10;1-7-3-5-8(2)6-4-7;2*1-3-2;/h4-8H,1-3H3;3-6H,1-2H3;2*3H2,1-2H3;1H4. The Labute approximate surface area is 159 Å². The quantitative estimate of drug-likeness (QED) is 0.484. The van der Waals surface area contributed by atoms with Crippen LogP contribution < -0.4 is 0 Å². The van der Waals surface area contributed by atoms with Crippen molar-refractivity contribution < 1.29 is 0 Å². The summed E-state index contributed by atoms with van der Waals surface area (Å²) in [4.78, 5) is 0. The molecule has 0 aliphatic heterocycles. The van der Waals surface area contributed by atoms with Gasteiger partial charge in [0.1, 0.15) is 0 Å². The predicted molar refractivity (Wildman–Crippen MR) is 120 cm³/mol. The van der Waals surface area contributed by atoms with Crippen LogP contribution in [0.4, 0.5) is 0 Å². The summed E-state index contributed by atoms with van der Waals surface area (Å²) in [6.07, 6.45) is 2.50. The smallest absolute Gasteiger partial charge is 0.0219 e. The van der Waals surface area contributed by atoms with E-state index in [-0.39, 0.29) is 7.43 Å². The van der Waals surface area contributed by atoms with E-state index in [1.54, 1.807) is 0 Å². The van der Waals surface area contributed by atoms with Crippen molar-refractivity contribution in [3.63, 3.8) is 0 Å². The second kappa shape index (κ2) is 18.8. The maximum absolute atomic E-state index is 2.21. The Bertz CT molecular complexity index is 451. The highest BCUT2D eigenvalue weighted by molar-refractivity contribution is 5.23. The highest BCUT2D eigenvalue weighted by Crippen LogP contribution is 2.13. The zero-order chi connectivity index (χ0) is 19.0. The van der Waals surface area contributed by atoms with Gasteiger partial charge in [0.25, 0.3) is 0 Å². The molecule has 0 unspecified atom stereocenters. The van der Waals surface area contributed by atoms with Crippen molar-refractivity contribution in [3.05, 3.63) is 70.8 Å². The molecule has 2 rings (SSSR count). The predicted octanol–water partition coefficient (Wildman–Crippen LogP) is 8.89. The summed E-state index contributed by atoms with van der Waals surface area (Å²) in [5.74, 6) is 0.653. The van der Waals surface area contributed by atoms with Gasteiger partial charge in [-0.15, -0.1) is 0 Å². The van der Waals surface area contributed by atoms with E-state index in [1.807, 2.05) is 0 Å². The van der Waals surface area contributed by atoms with Crippen LogP contribution in [-0.4, -0.2) is 0 Å². The maximum Gasteiger partial charge on any atom is -0.0219 e. The fraction of sp³-hybridized carbons (Fsp3) is 0.520. The van der Waals surface area contributed by atoms with E-state index < -0.39 is 0 Å². The van der Waals surface area contributed by atoms with Crippen LogP contribution in [0, 0.1) is 20.8 Å². The van der Waals surface area contributed by atoms with Gasteiger partial charge in [-0.3, -0.25) is 0 Å². The first-order chi connectivity index (χ1) is 11.3. The molecule has 0 bridgehead atoms. The second-order valence-electron chi connectivity index (χ2n) is 6.63. The normalized spacial score (nSPS) is 8.56. The molecule has 0 amide bonds. The van der Waals surface area contributed by atoms with Crippen molar-refractivity contribution >= 4 is 0 Å². The summed E-state index contributed by atoms with van der Waals surface area (Å²) in [7, 11) is 0. The molecule has 0 heterocycles. The van der Waals surface area contributed by atoms with Crippen LogP contribution in [0.2, 0.25) is 0 Å². The average Bonchev–Trinajstić information content (AvgIpc) is 2.53. The van der Waals surface area contributed by atoms with E-state index in [1.165, 1.54) is 35.1 Å². The molecule has 0 spiro atoms. The van der Waals surface area contributed by atoms with Gasteiger partial charge in [-0.25, -0.2) is 0 Å². The van der Waals surface area contributed by atoms with Crippen molar-refractivity contribution in [1.29, 1.82) is 0 Å². The molecule has 2 aromatic rings. The van der Waals surface area contributed by atoms with Gasteiger partial charge in [-0.05, 0) is 32.3 Å². The van der Waals surface area contributed by atoms with Crippen LogP contribution in [0.25, 0.3) is 0 Å². The van der Waals surface area contributed by atoms with Crippen molar-refractivity contribution in [2.24, 2.45) is 0 Å². The maximum atomic E-state index is 2.21. The first kappa shape index (κ1) is 28.3. The third-order valence-corrected chi connectivity index (χ3v) is 2.96. The molecule has 2 aromatic carbocycles. The molecule has 0 fully saturated rings. The van der Waals surface area contributed by atoms with Gasteiger partial charge < -0.3 is 0 Å². The number of hydrogen-bond acceptors (Lipinski definition) is 0. The fourth-order valence-corrected chi connectivity index (χ4v) is 1.59. The molecule has 0 N–H and O–H groups in total. The molecule has 0 heteroatoms. The Morgan fingerprint density at radius 1 is 0.560 bits per heavy atom. The van der Waals surface area contributed by atoms with E-state index in [2.05, 4.69) is 111 Å². The van der Waals surface area contributed by atoms with E-state index in [0.29, 0.717) is 5.92 Å². The topological polar surface area (TPSA) is 0 Å². The van der Waals surface area contributed by atoms with Gasteiger partial charge in [0.05, 0.1) is 0 Å². The first-order valence-corrected chi connectivity index (χ1v) is 9.41. The lowest BCUT2D eigenvalue weighted by molar-refractivity contribution is 0.866. The van der Waals surface area contributed by atoms with Gasteiger partial charge in [-0.1, -0.05) is 127 Å². The molecule has 0 nitrogen and oxygen atoms in total. The molecule has 0 radical (unpaired) electrons. The first-order valence-electron chi connectivity index (χ1n) is 9.41. The highest BCUT2D eigenvalue weighted by atomic mass is 14.0. The van der Waals surface area contributed by atoms with E-state index >= 15 is 0 Å². The Kier molecular flexibility index (Phi) is 21.2. The van der Waals surface area contributed by atoms with Crippen molar-refractivity contribution in [1.82, 2.24) is 0 Å². The number of rotatable bonds is 1. The monoisotopic (exact) mass is 344 g/mol. The van der Waals surface area contributed by atoms with Gasteiger partial charge in [-0.2, -0.15) is 0 Å². The Morgan fingerprint density at radius 3 is 0.960 bits per heavy atom. The molecule has 144 valence electrons. The van der Waals surface area contributed by atoms with Crippen molar-refractivity contribution in [2.45, 2.75) is 88.5 Å². The molecule has 0 saturated heterocycles. The van der Waals surface area contributed by atoms with Gasteiger partial charge in [0, 0.05) is 0 Å². The number of hydrogen-bond donors (Lipinski definition) is 0. The lowest BCUT2D eigenvalue weighted by Crippen LogP contribution is -1.85. The third kappa shape index (κ3) is 18.6. The Balaban J connectivity index is -0.000000290. The molecule has 0 atom stereocenters. The van der Waals surface area contributed by atoms with E-state index in [9.17, 15) is 0 Å². The van der Waals surface area contributed by atoms with E-state index in [4.69, 9.17) is 0 Å². The molecule has 25 heavy (non-hydrogen) atoms. The van der Waals surface area contributed by atoms with Gasteiger partial charge >= 0.3 is 0 Å². The average molecular weight is 345 g/mol. The van der Waals surface area contributed by atoms with Crippen LogP contribution in [0.5, 0.6) is 0 Å². The van der Waals surface area contributed by atoms with Crippen molar-refractivity contribution in [2.75, 3.05) is 0 Å². The molecule has 0 saturated carbocycles. The zero-order valence-corrected chi connectivity index (χ0v) is 17.6. The minimum atomic E-state index is 0. The second-order valence-corrected chi connectivity index (χ2v) is 6.63. The van der Waals surface area contributed by atoms with Crippen LogP contribution in [-0.2, 0) is 0 Å². The van der Waals surface area contributed by atoms with Crippen LogP contribution in [0.1, 0.15) is 90.0 Å². The minimum Gasteiger partial charge on any atom is -0.0776 e. The molecular weight excluding hydrogens is 300 g/mol. The largest absolute Gasteiger partial charge is 0.0776 e. The molecule has 0 aliphatic rings. The third-order valence-electron chi connectivity index (χ3n) is 2.96. The van der Waals surface area contributed by atoms with Gasteiger partial charge in [0.2, 0.25) is 0 Å².